The molecule has 0 saturated carbocycles. The highest BCUT2D eigenvalue weighted by Gasteiger charge is 2.09. The van der Waals surface area contributed by atoms with E-state index in [0.29, 0.717) is 6.42 Å². The molecule has 0 aliphatic heterocycles. The lowest BCUT2D eigenvalue weighted by Crippen LogP contribution is -2.14. The van der Waals surface area contributed by atoms with E-state index in [1.54, 1.807) is 0 Å². The molecule has 0 amide bonds. The van der Waals surface area contributed by atoms with Crippen LogP contribution in [0.5, 0.6) is 5.75 Å². The molecule has 0 heterocycles. The Morgan fingerprint density at radius 2 is 1.60 bits per heavy atom. The van der Waals surface area contributed by atoms with Crippen molar-refractivity contribution < 1.29 is 9.53 Å². The van der Waals surface area contributed by atoms with Crippen LogP contribution in [-0.2, 0) is 11.2 Å². The Balaban J connectivity index is 1.97. The van der Waals surface area contributed by atoms with Gasteiger partial charge in [-0.2, -0.15) is 0 Å². The van der Waals surface area contributed by atoms with Gasteiger partial charge in [-0.1, -0.05) is 48.0 Å². The lowest BCUT2D eigenvalue weighted by molar-refractivity contribution is -0.120. The molecular weight excluding hydrogens is 248 g/mol. The van der Waals surface area contributed by atoms with Crippen LogP contribution < -0.4 is 4.74 Å². The Hall–Kier alpha value is -2.09. The molecule has 0 bridgehead atoms. The lowest BCUT2D eigenvalue weighted by Gasteiger charge is -2.12. The van der Waals surface area contributed by atoms with Gasteiger partial charge in [0.05, 0.1) is 0 Å². The molecule has 2 aromatic carbocycles. The number of carbonyl (C=O) groups excluding carboxylic acids is 1. The molecule has 2 heteroatoms. The van der Waals surface area contributed by atoms with Crippen LogP contribution in [0.15, 0.2) is 42.5 Å². The molecule has 2 nitrogen and oxygen atoms in total. The van der Waals surface area contributed by atoms with E-state index in [1.807, 2.05) is 44.2 Å². The van der Waals surface area contributed by atoms with Gasteiger partial charge >= 0.3 is 0 Å². The van der Waals surface area contributed by atoms with E-state index in [9.17, 15) is 4.79 Å². The smallest absolute Gasteiger partial charge is 0.174 e. The maximum absolute atomic E-state index is 12.0. The van der Waals surface area contributed by atoms with E-state index in [2.05, 4.69) is 19.1 Å². The lowest BCUT2D eigenvalue weighted by atomic mass is 10.1. The Morgan fingerprint density at radius 1 is 1.00 bits per heavy atom. The summed E-state index contributed by atoms with van der Waals surface area (Å²) in [4.78, 5) is 12.0. The van der Waals surface area contributed by atoms with Crippen LogP contribution in [0.4, 0.5) is 0 Å². The fourth-order valence-corrected chi connectivity index (χ4v) is 2.42. The monoisotopic (exact) mass is 268 g/mol. The zero-order valence-corrected chi connectivity index (χ0v) is 12.3. The number of Topliss-reactive ketones (excluding diaryl/α,β-unsaturated/α-hetero) is 1. The number of carbonyl (C=O) groups is 1. The first-order chi connectivity index (χ1) is 9.56. The van der Waals surface area contributed by atoms with Crippen LogP contribution >= 0.6 is 0 Å². The summed E-state index contributed by atoms with van der Waals surface area (Å²) in [5.74, 6) is 0.924. The maximum atomic E-state index is 12.0. The molecule has 20 heavy (non-hydrogen) atoms. The topological polar surface area (TPSA) is 26.3 Å². The molecule has 0 aromatic heterocycles. The van der Waals surface area contributed by atoms with Crippen molar-refractivity contribution in [3.63, 3.8) is 0 Å². The van der Waals surface area contributed by atoms with E-state index in [1.165, 1.54) is 5.56 Å². The maximum Gasteiger partial charge on any atom is 0.174 e. The first-order valence-corrected chi connectivity index (χ1v) is 6.82. The Morgan fingerprint density at radius 3 is 2.20 bits per heavy atom. The van der Waals surface area contributed by atoms with Crippen LogP contribution in [-0.4, -0.2) is 12.4 Å². The second-order valence-electron chi connectivity index (χ2n) is 5.22. The minimum atomic E-state index is 0.0931. The van der Waals surface area contributed by atoms with Crippen molar-refractivity contribution in [3.05, 3.63) is 64.7 Å². The van der Waals surface area contributed by atoms with Crippen LogP contribution in [0.2, 0.25) is 0 Å². The molecule has 0 saturated heterocycles. The number of ketones is 1. The summed E-state index contributed by atoms with van der Waals surface area (Å²) in [6.07, 6.45) is 0.421. The van der Waals surface area contributed by atoms with Crippen molar-refractivity contribution in [2.75, 3.05) is 6.61 Å². The minimum absolute atomic E-state index is 0.0931. The normalized spacial score (nSPS) is 10.3. The molecule has 104 valence electrons. The molecule has 0 unspecified atom stereocenters. The zero-order chi connectivity index (χ0) is 14.5. The second kappa shape index (κ2) is 6.38. The van der Waals surface area contributed by atoms with Crippen LogP contribution in [0.25, 0.3) is 0 Å². The van der Waals surface area contributed by atoms with Gasteiger partial charge in [-0.3, -0.25) is 4.79 Å². The summed E-state index contributed by atoms with van der Waals surface area (Å²) >= 11 is 0. The predicted octanol–water partition coefficient (Wildman–Crippen LogP) is 3.80. The summed E-state index contributed by atoms with van der Waals surface area (Å²) in [5.41, 5.74) is 4.39. The standard InChI is InChI=1S/C18H20O2/c1-13-9-14(2)18(15(3)10-13)20-12-17(19)11-16-7-5-4-6-8-16/h4-10H,11-12H2,1-3H3. The molecule has 0 atom stereocenters. The molecule has 2 rings (SSSR count). The van der Waals surface area contributed by atoms with Gasteiger partial charge in [0.15, 0.2) is 5.78 Å². The highest BCUT2D eigenvalue weighted by molar-refractivity contribution is 5.82. The first-order valence-electron chi connectivity index (χ1n) is 6.82. The van der Waals surface area contributed by atoms with Crippen molar-refractivity contribution in [2.45, 2.75) is 27.2 Å². The van der Waals surface area contributed by atoms with E-state index >= 15 is 0 Å². The number of hydrogen-bond acceptors (Lipinski definition) is 2. The third-order valence-corrected chi connectivity index (χ3v) is 3.23. The predicted molar refractivity (Wildman–Crippen MR) is 81.3 cm³/mol. The summed E-state index contributed by atoms with van der Waals surface area (Å²) in [5, 5.41) is 0. The number of benzene rings is 2. The van der Waals surface area contributed by atoms with Gasteiger partial charge in [0, 0.05) is 6.42 Å². The van der Waals surface area contributed by atoms with Gasteiger partial charge < -0.3 is 4.74 Å². The summed E-state index contributed by atoms with van der Waals surface area (Å²) in [7, 11) is 0. The highest BCUT2D eigenvalue weighted by atomic mass is 16.5. The highest BCUT2D eigenvalue weighted by Crippen LogP contribution is 2.24. The molecule has 0 N–H and O–H groups in total. The average molecular weight is 268 g/mol. The van der Waals surface area contributed by atoms with E-state index in [4.69, 9.17) is 4.74 Å². The van der Waals surface area contributed by atoms with Crippen molar-refractivity contribution in [1.82, 2.24) is 0 Å². The van der Waals surface area contributed by atoms with Crippen LogP contribution in [0.3, 0.4) is 0 Å². The van der Waals surface area contributed by atoms with Crippen molar-refractivity contribution in [2.24, 2.45) is 0 Å². The second-order valence-corrected chi connectivity index (χ2v) is 5.22. The van der Waals surface area contributed by atoms with Crippen LogP contribution in [0.1, 0.15) is 22.3 Å². The number of ether oxygens (including phenoxy) is 1. The van der Waals surface area contributed by atoms with E-state index in [0.717, 1.165) is 22.4 Å². The molecular formula is C18H20O2. The Labute approximate surface area is 120 Å². The largest absolute Gasteiger partial charge is 0.485 e. The quantitative estimate of drug-likeness (QED) is 0.824. The summed E-state index contributed by atoms with van der Waals surface area (Å²) in [6, 6.07) is 13.9. The van der Waals surface area contributed by atoms with Gasteiger partial charge in [-0.25, -0.2) is 0 Å². The number of hydrogen-bond donors (Lipinski definition) is 0. The molecule has 0 aliphatic carbocycles. The third-order valence-electron chi connectivity index (χ3n) is 3.23. The van der Waals surface area contributed by atoms with E-state index in [-0.39, 0.29) is 12.4 Å². The summed E-state index contributed by atoms with van der Waals surface area (Å²) in [6.45, 7) is 6.21. The fourth-order valence-electron chi connectivity index (χ4n) is 2.42. The summed E-state index contributed by atoms with van der Waals surface area (Å²) < 4.78 is 5.71. The Kier molecular flexibility index (Phi) is 4.57. The first kappa shape index (κ1) is 14.3. The van der Waals surface area contributed by atoms with Gasteiger partial charge in [0.25, 0.3) is 0 Å². The SMILES string of the molecule is Cc1cc(C)c(OCC(=O)Cc2ccccc2)c(C)c1. The molecule has 2 aromatic rings. The van der Waals surface area contributed by atoms with Crippen molar-refractivity contribution in [3.8, 4) is 5.75 Å². The number of rotatable bonds is 5. The minimum Gasteiger partial charge on any atom is -0.485 e. The van der Waals surface area contributed by atoms with Gasteiger partial charge in [-0.05, 0) is 37.5 Å². The number of aryl methyl sites for hydroxylation is 3. The molecule has 0 fully saturated rings. The zero-order valence-electron chi connectivity index (χ0n) is 12.3. The van der Waals surface area contributed by atoms with Crippen molar-refractivity contribution >= 4 is 5.78 Å². The van der Waals surface area contributed by atoms with Gasteiger partial charge in [0.2, 0.25) is 0 Å². The fraction of sp³-hybridized carbons (Fsp3) is 0.278. The van der Waals surface area contributed by atoms with E-state index < -0.39 is 0 Å². The Bertz CT molecular complexity index is 577. The van der Waals surface area contributed by atoms with Crippen molar-refractivity contribution in [1.29, 1.82) is 0 Å². The van der Waals surface area contributed by atoms with Gasteiger partial charge in [0.1, 0.15) is 12.4 Å². The molecule has 0 aliphatic rings. The molecule has 0 radical (unpaired) electrons. The van der Waals surface area contributed by atoms with Gasteiger partial charge in [-0.15, -0.1) is 0 Å². The van der Waals surface area contributed by atoms with Crippen LogP contribution in [0, 0.1) is 20.8 Å². The molecule has 0 spiro atoms. The average Bonchev–Trinajstić information content (AvgIpc) is 2.38. The third kappa shape index (κ3) is 3.70.